The minimum absolute atomic E-state index is 0.299. The number of rotatable bonds is 3. The van der Waals surface area contributed by atoms with Crippen molar-refractivity contribution in [1.82, 2.24) is 4.98 Å². The lowest BCUT2D eigenvalue weighted by atomic mass is 10.3. The van der Waals surface area contributed by atoms with Crippen LogP contribution in [-0.2, 0) is 5.75 Å². The molecule has 0 radical (unpaired) electrons. The van der Waals surface area contributed by atoms with E-state index in [1.807, 2.05) is 0 Å². The fourth-order valence-corrected chi connectivity index (χ4v) is 1.36. The Labute approximate surface area is 70.7 Å². The van der Waals surface area contributed by atoms with E-state index in [-0.39, 0.29) is 0 Å². The van der Waals surface area contributed by atoms with Crippen LogP contribution < -0.4 is 0 Å². The first-order valence-electron chi connectivity index (χ1n) is 3.55. The molecule has 0 amide bonds. The molecule has 2 nitrogen and oxygen atoms in total. The second-order valence-corrected chi connectivity index (χ2v) is 3.38. The second kappa shape index (κ2) is 4.23. The molecule has 1 N–H and O–H groups in total. The highest BCUT2D eigenvalue weighted by molar-refractivity contribution is 7.98. The van der Waals surface area contributed by atoms with E-state index in [0.717, 1.165) is 17.2 Å². The third-order valence-electron chi connectivity index (χ3n) is 1.31. The fraction of sp³-hybridized carbons (Fsp3) is 0.375. The Morgan fingerprint density at radius 1 is 1.64 bits per heavy atom. The fourth-order valence-electron chi connectivity index (χ4n) is 0.739. The van der Waals surface area contributed by atoms with Gasteiger partial charge in [0.25, 0.3) is 0 Å². The number of thioether (sulfide) groups is 1. The van der Waals surface area contributed by atoms with Crippen molar-refractivity contribution in [2.24, 2.45) is 0 Å². The van der Waals surface area contributed by atoms with Crippen molar-refractivity contribution in [3.8, 4) is 5.75 Å². The minimum atomic E-state index is 0.299. The van der Waals surface area contributed by atoms with E-state index >= 15 is 0 Å². The van der Waals surface area contributed by atoms with Crippen LogP contribution >= 0.6 is 11.8 Å². The van der Waals surface area contributed by atoms with E-state index < -0.39 is 0 Å². The Balaban J connectivity index is 2.62. The molecule has 0 aliphatic heterocycles. The summed E-state index contributed by atoms with van der Waals surface area (Å²) < 4.78 is 0. The highest BCUT2D eigenvalue weighted by atomic mass is 32.2. The molecule has 0 aliphatic carbocycles. The third-order valence-corrected chi connectivity index (χ3v) is 2.19. The van der Waals surface area contributed by atoms with Crippen LogP contribution in [0.4, 0.5) is 0 Å². The van der Waals surface area contributed by atoms with Gasteiger partial charge in [-0.15, -0.1) is 0 Å². The van der Waals surface area contributed by atoms with Gasteiger partial charge in [-0.25, -0.2) is 0 Å². The smallest absolute Gasteiger partial charge is 0.137 e. The van der Waals surface area contributed by atoms with Gasteiger partial charge in [0.15, 0.2) is 0 Å². The Kier molecular flexibility index (Phi) is 3.23. The summed E-state index contributed by atoms with van der Waals surface area (Å²) >= 11 is 1.75. The standard InChI is InChI=1S/C8H11NOS/c1-2-11-6-7-8(10)4-3-5-9-7/h3-5,10H,2,6H2,1H3. The third kappa shape index (κ3) is 2.42. The average molecular weight is 169 g/mol. The van der Waals surface area contributed by atoms with Crippen LogP contribution in [0.2, 0.25) is 0 Å². The number of hydrogen-bond acceptors (Lipinski definition) is 3. The van der Waals surface area contributed by atoms with Crippen LogP contribution in [-0.4, -0.2) is 15.8 Å². The zero-order valence-electron chi connectivity index (χ0n) is 6.45. The predicted molar refractivity (Wildman–Crippen MR) is 47.7 cm³/mol. The maximum Gasteiger partial charge on any atom is 0.137 e. The average Bonchev–Trinajstić information content (AvgIpc) is 2.03. The first-order chi connectivity index (χ1) is 5.34. The Morgan fingerprint density at radius 3 is 3.09 bits per heavy atom. The SMILES string of the molecule is CCSCc1ncccc1O. The largest absolute Gasteiger partial charge is 0.506 e. The van der Waals surface area contributed by atoms with E-state index in [2.05, 4.69) is 11.9 Å². The Morgan fingerprint density at radius 2 is 2.45 bits per heavy atom. The van der Waals surface area contributed by atoms with Crippen LogP contribution in [0.5, 0.6) is 5.75 Å². The summed E-state index contributed by atoms with van der Waals surface area (Å²) in [6.45, 7) is 2.09. The van der Waals surface area contributed by atoms with Crippen molar-refractivity contribution in [2.45, 2.75) is 12.7 Å². The molecule has 1 aromatic heterocycles. The van der Waals surface area contributed by atoms with E-state index in [9.17, 15) is 5.11 Å². The lowest BCUT2D eigenvalue weighted by molar-refractivity contribution is 0.467. The zero-order valence-corrected chi connectivity index (χ0v) is 7.27. The molecular formula is C8H11NOS. The van der Waals surface area contributed by atoms with E-state index in [1.165, 1.54) is 0 Å². The molecule has 1 heterocycles. The lowest BCUT2D eigenvalue weighted by Crippen LogP contribution is -1.86. The molecular weight excluding hydrogens is 158 g/mol. The molecule has 0 unspecified atom stereocenters. The first-order valence-corrected chi connectivity index (χ1v) is 4.70. The molecule has 0 spiro atoms. The molecule has 1 rings (SSSR count). The zero-order chi connectivity index (χ0) is 8.10. The number of nitrogens with zero attached hydrogens (tertiary/aromatic N) is 1. The molecule has 0 fully saturated rings. The van der Waals surface area contributed by atoms with Gasteiger partial charge in [-0.2, -0.15) is 11.8 Å². The van der Waals surface area contributed by atoms with Gasteiger partial charge in [-0.05, 0) is 17.9 Å². The van der Waals surface area contributed by atoms with E-state index in [4.69, 9.17) is 0 Å². The maximum absolute atomic E-state index is 9.26. The number of aromatic hydroxyl groups is 1. The van der Waals surface area contributed by atoms with Crippen LogP contribution in [0, 0.1) is 0 Å². The summed E-state index contributed by atoms with van der Waals surface area (Å²) in [5.41, 5.74) is 0.777. The van der Waals surface area contributed by atoms with Crippen molar-refractivity contribution < 1.29 is 5.11 Å². The summed E-state index contributed by atoms with van der Waals surface area (Å²) in [6, 6.07) is 3.40. The summed E-state index contributed by atoms with van der Waals surface area (Å²) in [5.74, 6) is 2.15. The molecule has 0 bridgehead atoms. The van der Waals surface area contributed by atoms with Crippen molar-refractivity contribution in [3.63, 3.8) is 0 Å². The van der Waals surface area contributed by atoms with Crippen LogP contribution in [0.25, 0.3) is 0 Å². The molecule has 0 atom stereocenters. The van der Waals surface area contributed by atoms with Crippen molar-refractivity contribution in [3.05, 3.63) is 24.0 Å². The van der Waals surface area contributed by atoms with E-state index in [0.29, 0.717) is 5.75 Å². The molecule has 0 aromatic carbocycles. The molecule has 60 valence electrons. The Bertz CT molecular complexity index is 227. The molecule has 11 heavy (non-hydrogen) atoms. The molecule has 0 aliphatic rings. The van der Waals surface area contributed by atoms with Crippen LogP contribution in [0.15, 0.2) is 18.3 Å². The maximum atomic E-state index is 9.26. The number of hydrogen-bond donors (Lipinski definition) is 1. The van der Waals surface area contributed by atoms with Crippen molar-refractivity contribution in [2.75, 3.05) is 5.75 Å². The summed E-state index contributed by atoms with van der Waals surface area (Å²) in [7, 11) is 0. The van der Waals surface area contributed by atoms with Gasteiger partial charge in [0, 0.05) is 11.9 Å². The molecule has 0 saturated carbocycles. The highest BCUT2D eigenvalue weighted by Gasteiger charge is 1.98. The summed E-state index contributed by atoms with van der Waals surface area (Å²) in [4.78, 5) is 4.04. The van der Waals surface area contributed by atoms with Gasteiger partial charge in [0.2, 0.25) is 0 Å². The Hall–Kier alpha value is -0.700. The molecule has 1 aromatic rings. The predicted octanol–water partition coefficient (Wildman–Crippen LogP) is 2.04. The van der Waals surface area contributed by atoms with Crippen molar-refractivity contribution in [1.29, 1.82) is 0 Å². The molecule has 0 saturated heterocycles. The lowest BCUT2D eigenvalue weighted by Gasteiger charge is -1.99. The van der Waals surface area contributed by atoms with Gasteiger partial charge >= 0.3 is 0 Å². The van der Waals surface area contributed by atoms with E-state index in [1.54, 1.807) is 30.1 Å². The van der Waals surface area contributed by atoms with Gasteiger partial charge in [0.05, 0.1) is 5.69 Å². The second-order valence-electron chi connectivity index (χ2n) is 2.11. The van der Waals surface area contributed by atoms with Crippen LogP contribution in [0.1, 0.15) is 12.6 Å². The highest BCUT2D eigenvalue weighted by Crippen LogP contribution is 2.18. The summed E-state index contributed by atoms with van der Waals surface area (Å²) in [5, 5.41) is 9.26. The van der Waals surface area contributed by atoms with Gasteiger partial charge in [0.1, 0.15) is 5.75 Å². The van der Waals surface area contributed by atoms with Gasteiger partial charge in [-0.3, -0.25) is 4.98 Å². The first kappa shape index (κ1) is 8.40. The van der Waals surface area contributed by atoms with Gasteiger partial charge < -0.3 is 5.11 Å². The quantitative estimate of drug-likeness (QED) is 0.751. The topological polar surface area (TPSA) is 33.1 Å². The number of aromatic nitrogens is 1. The van der Waals surface area contributed by atoms with Crippen LogP contribution in [0.3, 0.4) is 0 Å². The summed E-state index contributed by atoms with van der Waals surface area (Å²) in [6.07, 6.45) is 1.70. The monoisotopic (exact) mass is 169 g/mol. The van der Waals surface area contributed by atoms with Gasteiger partial charge in [-0.1, -0.05) is 6.92 Å². The van der Waals surface area contributed by atoms with Crippen molar-refractivity contribution >= 4 is 11.8 Å². The molecule has 3 heteroatoms. The normalized spacial score (nSPS) is 9.91. The minimum Gasteiger partial charge on any atom is -0.506 e. The number of pyridine rings is 1.